The van der Waals surface area contributed by atoms with Crippen LogP contribution in [0.5, 0.6) is 0 Å². The molecule has 3 heteroatoms. The van der Waals surface area contributed by atoms with Crippen molar-refractivity contribution >= 4 is 11.8 Å². The standard InChI is InChI=1S/C8H12O3/c1-5-4-8(5,6(2)9)7(10)11-3/h5H,4H2,1-3H3/t5-,8-/m1/s1. The van der Waals surface area contributed by atoms with E-state index in [0.29, 0.717) is 6.42 Å². The molecule has 0 aromatic rings. The molecule has 0 amide bonds. The highest BCUT2D eigenvalue weighted by molar-refractivity contribution is 6.06. The van der Waals surface area contributed by atoms with Crippen LogP contribution in [0.3, 0.4) is 0 Å². The summed E-state index contributed by atoms with van der Waals surface area (Å²) < 4.78 is 4.55. The number of ether oxygens (including phenoxy) is 1. The van der Waals surface area contributed by atoms with Gasteiger partial charge in [0, 0.05) is 0 Å². The number of hydrogen-bond acceptors (Lipinski definition) is 3. The maximum atomic E-state index is 11.1. The quantitative estimate of drug-likeness (QED) is 0.438. The number of ketones is 1. The zero-order chi connectivity index (χ0) is 8.65. The smallest absolute Gasteiger partial charge is 0.319 e. The summed E-state index contributed by atoms with van der Waals surface area (Å²) >= 11 is 0. The minimum Gasteiger partial charge on any atom is -0.468 e. The molecule has 0 unspecified atom stereocenters. The molecule has 0 heterocycles. The van der Waals surface area contributed by atoms with Crippen molar-refractivity contribution in [2.75, 3.05) is 7.11 Å². The van der Waals surface area contributed by atoms with Gasteiger partial charge in [-0.3, -0.25) is 9.59 Å². The second-order valence-corrected chi connectivity index (χ2v) is 3.12. The number of Topliss-reactive ketones (excluding diaryl/α,β-unsaturated/α-hetero) is 1. The van der Waals surface area contributed by atoms with Gasteiger partial charge in [-0.15, -0.1) is 0 Å². The molecule has 1 aliphatic carbocycles. The van der Waals surface area contributed by atoms with Gasteiger partial charge < -0.3 is 4.74 Å². The molecule has 0 aliphatic heterocycles. The van der Waals surface area contributed by atoms with Gasteiger partial charge in [0.25, 0.3) is 0 Å². The Hall–Kier alpha value is -0.860. The van der Waals surface area contributed by atoms with Crippen LogP contribution in [0.2, 0.25) is 0 Å². The van der Waals surface area contributed by atoms with E-state index in [-0.39, 0.29) is 17.7 Å². The molecule has 1 saturated carbocycles. The molecule has 11 heavy (non-hydrogen) atoms. The molecule has 0 N–H and O–H groups in total. The Bertz CT molecular complexity index is 209. The van der Waals surface area contributed by atoms with E-state index in [4.69, 9.17) is 0 Å². The van der Waals surface area contributed by atoms with Crippen molar-refractivity contribution in [2.45, 2.75) is 20.3 Å². The third-order valence-corrected chi connectivity index (χ3v) is 2.49. The molecule has 1 fully saturated rings. The lowest BCUT2D eigenvalue weighted by Crippen LogP contribution is -2.26. The fourth-order valence-electron chi connectivity index (χ4n) is 1.53. The molecule has 0 saturated heterocycles. The summed E-state index contributed by atoms with van der Waals surface area (Å²) in [6.45, 7) is 3.33. The van der Waals surface area contributed by atoms with Gasteiger partial charge in [-0.25, -0.2) is 0 Å². The maximum Gasteiger partial charge on any atom is 0.319 e. The lowest BCUT2D eigenvalue weighted by molar-refractivity contribution is -0.151. The summed E-state index contributed by atoms with van der Waals surface area (Å²) in [6.07, 6.45) is 0.648. The lowest BCUT2D eigenvalue weighted by atomic mass is 10.00. The van der Waals surface area contributed by atoms with Gasteiger partial charge >= 0.3 is 5.97 Å². The van der Waals surface area contributed by atoms with Crippen LogP contribution in [0.25, 0.3) is 0 Å². The summed E-state index contributed by atoms with van der Waals surface area (Å²) in [4.78, 5) is 22.1. The average molecular weight is 156 g/mol. The number of esters is 1. The Balaban J connectivity index is 2.80. The van der Waals surface area contributed by atoms with Gasteiger partial charge in [0.05, 0.1) is 7.11 Å². The second kappa shape index (κ2) is 2.32. The third-order valence-electron chi connectivity index (χ3n) is 2.49. The molecular formula is C8H12O3. The van der Waals surface area contributed by atoms with Crippen molar-refractivity contribution < 1.29 is 14.3 Å². The zero-order valence-electron chi connectivity index (χ0n) is 7.01. The Morgan fingerprint density at radius 3 is 2.09 bits per heavy atom. The van der Waals surface area contributed by atoms with Gasteiger partial charge in [-0.2, -0.15) is 0 Å². The van der Waals surface area contributed by atoms with E-state index in [2.05, 4.69) is 4.74 Å². The van der Waals surface area contributed by atoms with Crippen LogP contribution in [0.15, 0.2) is 0 Å². The third kappa shape index (κ3) is 0.951. The van der Waals surface area contributed by atoms with Crippen LogP contribution >= 0.6 is 0 Å². The normalized spacial score (nSPS) is 34.6. The fraction of sp³-hybridized carbons (Fsp3) is 0.750. The maximum absolute atomic E-state index is 11.1. The molecule has 0 aromatic heterocycles. The first kappa shape index (κ1) is 8.24. The van der Waals surface area contributed by atoms with E-state index in [1.165, 1.54) is 14.0 Å². The van der Waals surface area contributed by atoms with Crippen molar-refractivity contribution in [2.24, 2.45) is 11.3 Å². The lowest BCUT2D eigenvalue weighted by Gasteiger charge is -2.08. The van der Waals surface area contributed by atoms with Crippen LogP contribution < -0.4 is 0 Å². The van der Waals surface area contributed by atoms with Crippen LogP contribution in [0, 0.1) is 11.3 Å². The largest absolute Gasteiger partial charge is 0.468 e. The Kier molecular flexibility index (Phi) is 1.74. The van der Waals surface area contributed by atoms with E-state index in [0.717, 1.165) is 0 Å². The Labute approximate surface area is 65.7 Å². The van der Waals surface area contributed by atoms with Crippen molar-refractivity contribution in [1.82, 2.24) is 0 Å². The zero-order valence-corrected chi connectivity index (χ0v) is 7.01. The summed E-state index contributed by atoms with van der Waals surface area (Å²) in [5.41, 5.74) is -0.783. The van der Waals surface area contributed by atoms with Gasteiger partial charge in [-0.05, 0) is 19.3 Å². The minimum absolute atomic E-state index is 0.0724. The van der Waals surface area contributed by atoms with Gasteiger partial charge in [0.2, 0.25) is 0 Å². The van der Waals surface area contributed by atoms with E-state index >= 15 is 0 Å². The van der Waals surface area contributed by atoms with Crippen LogP contribution in [0.1, 0.15) is 20.3 Å². The molecule has 2 atom stereocenters. The topological polar surface area (TPSA) is 43.4 Å². The predicted molar refractivity (Wildman–Crippen MR) is 38.9 cm³/mol. The molecule has 3 nitrogen and oxygen atoms in total. The van der Waals surface area contributed by atoms with E-state index in [1.807, 2.05) is 6.92 Å². The molecule has 0 spiro atoms. The predicted octanol–water partition coefficient (Wildman–Crippen LogP) is 0.775. The second-order valence-electron chi connectivity index (χ2n) is 3.12. The first-order valence-corrected chi connectivity index (χ1v) is 3.65. The van der Waals surface area contributed by atoms with Crippen LogP contribution in [-0.4, -0.2) is 18.9 Å². The average Bonchev–Trinajstić information content (AvgIpc) is 2.61. The monoisotopic (exact) mass is 156 g/mol. The molecule has 0 bridgehead atoms. The Morgan fingerprint density at radius 2 is 2.00 bits per heavy atom. The first-order chi connectivity index (χ1) is 5.05. The molecule has 0 aromatic carbocycles. The highest BCUT2D eigenvalue weighted by Gasteiger charge is 2.62. The van der Waals surface area contributed by atoms with Crippen LogP contribution in [-0.2, 0) is 14.3 Å². The number of hydrogen-bond donors (Lipinski definition) is 0. The summed E-state index contributed by atoms with van der Waals surface area (Å²) in [6, 6.07) is 0. The molecule has 62 valence electrons. The summed E-state index contributed by atoms with van der Waals surface area (Å²) in [5, 5.41) is 0. The van der Waals surface area contributed by atoms with Gasteiger partial charge in [0.15, 0.2) is 0 Å². The molecule has 0 radical (unpaired) electrons. The minimum atomic E-state index is -0.783. The van der Waals surface area contributed by atoms with E-state index in [9.17, 15) is 9.59 Å². The molecule has 1 aliphatic rings. The van der Waals surface area contributed by atoms with E-state index in [1.54, 1.807) is 0 Å². The highest BCUT2D eigenvalue weighted by Crippen LogP contribution is 2.53. The number of carbonyl (C=O) groups excluding carboxylic acids is 2. The van der Waals surface area contributed by atoms with Gasteiger partial charge in [0.1, 0.15) is 11.2 Å². The highest BCUT2D eigenvalue weighted by atomic mass is 16.5. The summed E-state index contributed by atoms with van der Waals surface area (Å²) in [7, 11) is 1.32. The molecular weight excluding hydrogens is 144 g/mol. The number of methoxy groups -OCH3 is 1. The van der Waals surface area contributed by atoms with Crippen molar-refractivity contribution in [3.05, 3.63) is 0 Å². The fourth-order valence-corrected chi connectivity index (χ4v) is 1.53. The van der Waals surface area contributed by atoms with Crippen molar-refractivity contribution in [3.63, 3.8) is 0 Å². The first-order valence-electron chi connectivity index (χ1n) is 3.65. The Morgan fingerprint density at radius 1 is 1.55 bits per heavy atom. The van der Waals surface area contributed by atoms with Crippen molar-refractivity contribution in [3.8, 4) is 0 Å². The van der Waals surface area contributed by atoms with Gasteiger partial charge in [-0.1, -0.05) is 6.92 Å². The molecule has 1 rings (SSSR count). The number of rotatable bonds is 2. The van der Waals surface area contributed by atoms with E-state index < -0.39 is 5.41 Å². The van der Waals surface area contributed by atoms with Crippen LogP contribution in [0.4, 0.5) is 0 Å². The number of carbonyl (C=O) groups is 2. The van der Waals surface area contributed by atoms with Crippen molar-refractivity contribution in [1.29, 1.82) is 0 Å². The summed E-state index contributed by atoms with van der Waals surface area (Å²) in [5.74, 6) is -0.290. The SMILES string of the molecule is COC(=O)[C@]1(C(C)=O)C[C@H]1C.